The molecule has 1 N–H and O–H groups in total. The van der Waals surface area contributed by atoms with Crippen molar-refractivity contribution in [1.29, 1.82) is 0 Å². The van der Waals surface area contributed by atoms with E-state index in [0.29, 0.717) is 5.95 Å². The minimum atomic E-state index is 0.00988. The van der Waals surface area contributed by atoms with Gasteiger partial charge in [-0.15, -0.1) is 0 Å². The van der Waals surface area contributed by atoms with E-state index in [9.17, 15) is 5.11 Å². The number of hydrogen-bond acceptors (Lipinski definition) is 4. The fourth-order valence-corrected chi connectivity index (χ4v) is 1.97. The Morgan fingerprint density at radius 2 is 1.79 bits per heavy atom. The molecule has 0 amide bonds. The Hall–Kier alpha value is -1.94. The van der Waals surface area contributed by atoms with Gasteiger partial charge >= 0.3 is 0 Å². The zero-order valence-electron chi connectivity index (χ0n) is 11.8. The quantitative estimate of drug-likeness (QED) is 0.916. The molecule has 0 saturated carbocycles. The zero-order valence-corrected chi connectivity index (χ0v) is 11.8. The highest BCUT2D eigenvalue weighted by Crippen LogP contribution is 2.27. The molecule has 0 aliphatic rings. The highest BCUT2D eigenvalue weighted by molar-refractivity contribution is 5.68. The van der Waals surface area contributed by atoms with Gasteiger partial charge in [0, 0.05) is 25.4 Å². The first-order valence-electron chi connectivity index (χ1n) is 6.26. The van der Waals surface area contributed by atoms with Crippen molar-refractivity contribution >= 4 is 5.95 Å². The average molecular weight is 257 g/mol. The third kappa shape index (κ3) is 2.58. The molecule has 0 spiro atoms. The van der Waals surface area contributed by atoms with Crippen LogP contribution in [0.15, 0.2) is 24.3 Å². The van der Waals surface area contributed by atoms with E-state index in [4.69, 9.17) is 0 Å². The Kier molecular flexibility index (Phi) is 3.81. The van der Waals surface area contributed by atoms with Gasteiger partial charge in [0.05, 0.1) is 12.3 Å². The summed E-state index contributed by atoms with van der Waals surface area (Å²) in [6.07, 6.45) is 0. The van der Waals surface area contributed by atoms with Crippen molar-refractivity contribution in [2.75, 3.05) is 19.0 Å². The maximum atomic E-state index is 9.46. The molecule has 0 unspecified atom stereocenters. The van der Waals surface area contributed by atoms with Crippen LogP contribution in [0.5, 0.6) is 0 Å². The van der Waals surface area contributed by atoms with Crippen LogP contribution in [-0.4, -0.2) is 29.2 Å². The van der Waals surface area contributed by atoms with Gasteiger partial charge in [0.25, 0.3) is 0 Å². The van der Waals surface area contributed by atoms with Crippen LogP contribution in [0.3, 0.4) is 0 Å². The lowest BCUT2D eigenvalue weighted by Gasteiger charge is -2.16. The minimum absolute atomic E-state index is 0.00988. The summed E-state index contributed by atoms with van der Waals surface area (Å²) in [5.74, 6) is 0.686. The normalized spacial score (nSPS) is 10.6. The summed E-state index contributed by atoms with van der Waals surface area (Å²) >= 11 is 0. The number of aryl methyl sites for hydroxylation is 1. The number of aromatic nitrogens is 2. The molecule has 2 aromatic rings. The monoisotopic (exact) mass is 257 g/mol. The number of rotatable bonds is 3. The van der Waals surface area contributed by atoms with Gasteiger partial charge in [-0.3, -0.25) is 0 Å². The van der Waals surface area contributed by atoms with E-state index in [0.717, 1.165) is 28.1 Å². The number of benzene rings is 1. The summed E-state index contributed by atoms with van der Waals surface area (Å²) in [6.45, 7) is 4.00. The van der Waals surface area contributed by atoms with Crippen LogP contribution in [0.2, 0.25) is 0 Å². The molecule has 19 heavy (non-hydrogen) atoms. The molecule has 100 valence electrons. The lowest BCUT2D eigenvalue weighted by Crippen LogP contribution is -2.14. The number of nitrogens with zero attached hydrogens (tertiary/aromatic N) is 3. The standard InChI is InChI=1S/C15H19N3O/c1-10-11(2)16-15(18(3)4)17-14(10)13-8-6-5-7-12(13)9-19/h5-8,19H,9H2,1-4H3. The first-order chi connectivity index (χ1) is 9.04. The average Bonchev–Trinajstić information content (AvgIpc) is 2.41. The maximum absolute atomic E-state index is 9.46. The third-order valence-electron chi connectivity index (χ3n) is 3.22. The van der Waals surface area contributed by atoms with Crippen molar-refractivity contribution in [1.82, 2.24) is 9.97 Å². The highest BCUT2D eigenvalue weighted by atomic mass is 16.3. The molecule has 1 aromatic carbocycles. The second-order valence-electron chi connectivity index (χ2n) is 4.79. The second-order valence-corrected chi connectivity index (χ2v) is 4.79. The SMILES string of the molecule is Cc1nc(N(C)C)nc(-c2ccccc2CO)c1C. The van der Waals surface area contributed by atoms with Gasteiger partial charge in [-0.2, -0.15) is 0 Å². The summed E-state index contributed by atoms with van der Waals surface area (Å²) in [5, 5.41) is 9.46. The molecule has 0 aliphatic heterocycles. The topological polar surface area (TPSA) is 49.2 Å². The molecule has 4 nitrogen and oxygen atoms in total. The van der Waals surface area contributed by atoms with Crippen LogP contribution in [0.4, 0.5) is 5.95 Å². The molecular formula is C15H19N3O. The van der Waals surface area contributed by atoms with Crippen LogP contribution in [0, 0.1) is 13.8 Å². The lowest BCUT2D eigenvalue weighted by molar-refractivity contribution is 0.282. The minimum Gasteiger partial charge on any atom is -0.392 e. The van der Waals surface area contributed by atoms with E-state index in [1.807, 2.05) is 57.1 Å². The van der Waals surface area contributed by atoms with E-state index >= 15 is 0 Å². The van der Waals surface area contributed by atoms with Gasteiger partial charge in [-0.25, -0.2) is 9.97 Å². The number of aliphatic hydroxyl groups is 1. The third-order valence-corrected chi connectivity index (χ3v) is 3.22. The predicted molar refractivity (Wildman–Crippen MR) is 77.2 cm³/mol. The molecule has 0 atom stereocenters. The van der Waals surface area contributed by atoms with Gasteiger partial charge in [0.1, 0.15) is 0 Å². The molecule has 1 heterocycles. The second kappa shape index (κ2) is 5.36. The fraction of sp³-hybridized carbons (Fsp3) is 0.333. The first-order valence-corrected chi connectivity index (χ1v) is 6.26. The van der Waals surface area contributed by atoms with E-state index in [-0.39, 0.29) is 6.61 Å². The van der Waals surface area contributed by atoms with E-state index in [1.54, 1.807) is 0 Å². The number of anilines is 1. The molecule has 1 aromatic heterocycles. The van der Waals surface area contributed by atoms with Crippen molar-refractivity contribution in [3.8, 4) is 11.3 Å². The van der Waals surface area contributed by atoms with Crippen LogP contribution in [0.25, 0.3) is 11.3 Å². The van der Waals surface area contributed by atoms with Crippen LogP contribution < -0.4 is 4.90 Å². The largest absolute Gasteiger partial charge is 0.392 e. The van der Waals surface area contributed by atoms with Crippen LogP contribution in [0.1, 0.15) is 16.8 Å². The predicted octanol–water partition coefficient (Wildman–Crippen LogP) is 2.32. The molecular weight excluding hydrogens is 238 g/mol. The Labute approximate surface area is 113 Å². The first kappa shape index (κ1) is 13.5. The van der Waals surface area contributed by atoms with Gasteiger partial charge in [0.15, 0.2) is 0 Å². The van der Waals surface area contributed by atoms with Gasteiger partial charge < -0.3 is 10.0 Å². The van der Waals surface area contributed by atoms with Gasteiger partial charge in [-0.05, 0) is 25.0 Å². The van der Waals surface area contributed by atoms with Crippen LogP contribution in [-0.2, 0) is 6.61 Å². The Morgan fingerprint density at radius 3 is 2.42 bits per heavy atom. The summed E-state index contributed by atoms with van der Waals surface area (Å²) in [5.41, 5.74) is 4.75. The molecule has 0 radical (unpaired) electrons. The van der Waals surface area contributed by atoms with Crippen molar-refractivity contribution in [2.45, 2.75) is 20.5 Å². The molecule has 0 fully saturated rings. The molecule has 0 aliphatic carbocycles. The van der Waals surface area contributed by atoms with Crippen molar-refractivity contribution in [3.63, 3.8) is 0 Å². The lowest BCUT2D eigenvalue weighted by atomic mass is 10.0. The van der Waals surface area contributed by atoms with Crippen LogP contribution >= 0.6 is 0 Å². The van der Waals surface area contributed by atoms with Gasteiger partial charge in [0.2, 0.25) is 5.95 Å². The smallest absolute Gasteiger partial charge is 0.225 e. The summed E-state index contributed by atoms with van der Waals surface area (Å²) in [6, 6.07) is 7.79. The van der Waals surface area contributed by atoms with E-state index in [1.165, 1.54) is 0 Å². The van der Waals surface area contributed by atoms with E-state index < -0.39 is 0 Å². The summed E-state index contributed by atoms with van der Waals surface area (Å²) < 4.78 is 0. The van der Waals surface area contributed by atoms with Crippen molar-refractivity contribution in [2.24, 2.45) is 0 Å². The van der Waals surface area contributed by atoms with Gasteiger partial charge in [-0.1, -0.05) is 24.3 Å². The molecule has 0 bridgehead atoms. The molecule has 4 heteroatoms. The number of aliphatic hydroxyl groups excluding tert-OH is 1. The Bertz CT molecular complexity index is 594. The molecule has 2 rings (SSSR count). The molecule has 0 saturated heterocycles. The number of hydrogen-bond donors (Lipinski definition) is 1. The summed E-state index contributed by atoms with van der Waals surface area (Å²) in [7, 11) is 3.84. The Morgan fingerprint density at radius 1 is 1.11 bits per heavy atom. The highest BCUT2D eigenvalue weighted by Gasteiger charge is 2.13. The van der Waals surface area contributed by atoms with Crippen molar-refractivity contribution < 1.29 is 5.11 Å². The zero-order chi connectivity index (χ0) is 14.0. The van der Waals surface area contributed by atoms with Crippen molar-refractivity contribution in [3.05, 3.63) is 41.1 Å². The van der Waals surface area contributed by atoms with E-state index in [2.05, 4.69) is 9.97 Å². The summed E-state index contributed by atoms with van der Waals surface area (Å²) in [4.78, 5) is 11.0. The Balaban J connectivity index is 2.67. The fourth-order valence-electron chi connectivity index (χ4n) is 1.97. The maximum Gasteiger partial charge on any atom is 0.225 e.